The van der Waals surface area contributed by atoms with E-state index in [9.17, 15) is 9.59 Å². The lowest BCUT2D eigenvalue weighted by Crippen LogP contribution is -2.47. The molecule has 1 aliphatic rings. The van der Waals surface area contributed by atoms with Gasteiger partial charge in [-0.25, -0.2) is 9.67 Å². The van der Waals surface area contributed by atoms with Gasteiger partial charge in [0.2, 0.25) is 5.91 Å². The predicted molar refractivity (Wildman–Crippen MR) is 143 cm³/mol. The Morgan fingerprint density at radius 1 is 1.03 bits per heavy atom. The number of hydrogen-bond donors (Lipinski definition) is 1. The van der Waals surface area contributed by atoms with Crippen molar-refractivity contribution in [2.45, 2.75) is 46.5 Å². The number of rotatable bonds is 10. The molecule has 3 heterocycles. The zero-order chi connectivity index (χ0) is 25.7. The minimum atomic E-state index is -0.189. The van der Waals surface area contributed by atoms with Crippen LogP contribution in [0.3, 0.4) is 0 Å². The van der Waals surface area contributed by atoms with E-state index in [-0.39, 0.29) is 17.9 Å². The van der Waals surface area contributed by atoms with Crippen LogP contribution in [0.25, 0.3) is 16.9 Å². The lowest BCUT2D eigenvalue weighted by atomic mass is 10.2. The average molecular weight is 494 g/mol. The van der Waals surface area contributed by atoms with Crippen molar-refractivity contribution in [3.8, 4) is 5.69 Å². The number of aryl methyl sites for hydroxylation is 4. The molecule has 4 rings (SSSR count). The molecule has 1 amide bonds. The molecular weight excluding hydrogens is 454 g/mol. The highest BCUT2D eigenvalue weighted by molar-refractivity contribution is 5.77. The molecule has 2 aromatic heterocycles. The van der Waals surface area contributed by atoms with Gasteiger partial charge in [-0.15, -0.1) is 0 Å². The van der Waals surface area contributed by atoms with Crippen LogP contribution in [-0.4, -0.2) is 80.9 Å². The minimum absolute atomic E-state index is 0.0428. The zero-order valence-electron chi connectivity index (χ0n) is 22.1. The summed E-state index contributed by atoms with van der Waals surface area (Å²) in [5.74, 6) is -0.0428. The summed E-state index contributed by atoms with van der Waals surface area (Å²) in [7, 11) is 1.74. The van der Waals surface area contributed by atoms with E-state index in [0.717, 1.165) is 56.1 Å². The molecule has 1 N–H and O–H groups in total. The molecule has 0 atom stereocenters. The van der Waals surface area contributed by atoms with Crippen LogP contribution in [0.4, 0.5) is 0 Å². The van der Waals surface area contributed by atoms with Gasteiger partial charge in [0.25, 0.3) is 5.56 Å². The van der Waals surface area contributed by atoms with Crippen LogP contribution in [-0.2, 0) is 18.3 Å². The summed E-state index contributed by atoms with van der Waals surface area (Å²) >= 11 is 0. The van der Waals surface area contributed by atoms with E-state index >= 15 is 0 Å². The van der Waals surface area contributed by atoms with Gasteiger partial charge in [0.1, 0.15) is 11.2 Å². The Balaban J connectivity index is 1.31. The largest absolute Gasteiger partial charge is 0.356 e. The van der Waals surface area contributed by atoms with Crippen molar-refractivity contribution < 1.29 is 4.79 Å². The van der Waals surface area contributed by atoms with E-state index < -0.39 is 0 Å². The summed E-state index contributed by atoms with van der Waals surface area (Å²) in [4.78, 5) is 35.1. The van der Waals surface area contributed by atoms with Crippen molar-refractivity contribution in [2.75, 3.05) is 45.8 Å². The summed E-state index contributed by atoms with van der Waals surface area (Å²) in [5.41, 5.74) is 4.34. The number of carbonyl (C=O) groups is 1. The molecule has 0 unspecified atom stereocenters. The maximum atomic E-state index is 13.1. The van der Waals surface area contributed by atoms with Crippen molar-refractivity contribution >= 4 is 17.1 Å². The number of benzene rings is 1. The SMILES string of the molecule is CCCN1CCN(CCCNC(=O)CCc2nc3c(C)nn(-c4ccc(C)cc4)c3n(C)c2=O)CC1. The average Bonchev–Trinajstić information content (AvgIpc) is 3.21. The molecule has 0 aliphatic carbocycles. The first kappa shape index (κ1) is 26.0. The van der Waals surface area contributed by atoms with Gasteiger partial charge in [-0.2, -0.15) is 5.10 Å². The Morgan fingerprint density at radius 3 is 2.36 bits per heavy atom. The quantitative estimate of drug-likeness (QED) is 0.436. The second-order valence-electron chi connectivity index (χ2n) is 9.81. The first-order valence-corrected chi connectivity index (χ1v) is 13.1. The topological polar surface area (TPSA) is 88.3 Å². The Labute approximate surface area is 213 Å². The van der Waals surface area contributed by atoms with E-state index in [4.69, 9.17) is 0 Å². The van der Waals surface area contributed by atoms with Crippen LogP contribution in [0.2, 0.25) is 0 Å². The lowest BCUT2D eigenvalue weighted by Gasteiger charge is -2.34. The van der Waals surface area contributed by atoms with E-state index in [0.29, 0.717) is 29.8 Å². The number of piperazine rings is 1. The van der Waals surface area contributed by atoms with Crippen molar-refractivity contribution in [3.05, 3.63) is 51.6 Å². The normalized spacial score (nSPS) is 15.0. The number of amides is 1. The molecule has 0 spiro atoms. The smallest absolute Gasteiger partial charge is 0.273 e. The Morgan fingerprint density at radius 2 is 1.69 bits per heavy atom. The van der Waals surface area contributed by atoms with Crippen molar-refractivity contribution in [1.82, 2.24) is 34.4 Å². The highest BCUT2D eigenvalue weighted by Crippen LogP contribution is 2.19. The number of nitrogens with one attached hydrogen (secondary N) is 1. The molecule has 3 aromatic rings. The van der Waals surface area contributed by atoms with Crippen LogP contribution in [0, 0.1) is 13.8 Å². The fourth-order valence-corrected chi connectivity index (χ4v) is 4.84. The fourth-order valence-electron chi connectivity index (χ4n) is 4.84. The zero-order valence-corrected chi connectivity index (χ0v) is 22.1. The first-order valence-electron chi connectivity index (χ1n) is 13.1. The second kappa shape index (κ2) is 11.8. The Hall–Kier alpha value is -3.04. The number of hydrogen-bond acceptors (Lipinski definition) is 6. The highest BCUT2D eigenvalue weighted by atomic mass is 16.1. The van der Waals surface area contributed by atoms with Crippen LogP contribution in [0.1, 0.15) is 43.1 Å². The first-order chi connectivity index (χ1) is 17.4. The monoisotopic (exact) mass is 493 g/mol. The fraction of sp³-hybridized carbons (Fsp3) is 0.556. The molecule has 1 aromatic carbocycles. The molecule has 9 heteroatoms. The number of aromatic nitrogens is 4. The van der Waals surface area contributed by atoms with Crippen molar-refractivity contribution in [3.63, 3.8) is 0 Å². The van der Waals surface area contributed by atoms with Gasteiger partial charge in [0, 0.05) is 52.6 Å². The van der Waals surface area contributed by atoms with Crippen LogP contribution in [0.5, 0.6) is 0 Å². The van der Waals surface area contributed by atoms with Gasteiger partial charge in [-0.05, 0) is 51.9 Å². The molecule has 1 fully saturated rings. The third kappa shape index (κ3) is 6.02. The Bertz CT molecular complexity index is 1240. The lowest BCUT2D eigenvalue weighted by molar-refractivity contribution is -0.121. The van der Waals surface area contributed by atoms with Gasteiger partial charge >= 0.3 is 0 Å². The second-order valence-corrected chi connectivity index (χ2v) is 9.81. The molecule has 0 radical (unpaired) electrons. The van der Waals surface area contributed by atoms with Crippen LogP contribution < -0.4 is 10.9 Å². The Kier molecular flexibility index (Phi) is 8.53. The van der Waals surface area contributed by atoms with Crippen LogP contribution >= 0.6 is 0 Å². The van der Waals surface area contributed by atoms with Gasteiger partial charge in [0.15, 0.2) is 5.65 Å². The van der Waals surface area contributed by atoms with Gasteiger partial charge in [0.05, 0.1) is 11.4 Å². The maximum absolute atomic E-state index is 13.1. The van der Waals surface area contributed by atoms with Crippen molar-refractivity contribution in [2.24, 2.45) is 7.05 Å². The number of fused-ring (bicyclic) bond motifs is 1. The third-order valence-corrected chi connectivity index (χ3v) is 6.97. The summed E-state index contributed by atoms with van der Waals surface area (Å²) in [6.07, 6.45) is 2.69. The molecule has 1 aliphatic heterocycles. The molecule has 0 saturated carbocycles. The van der Waals surface area contributed by atoms with E-state index in [2.05, 4.69) is 32.1 Å². The molecule has 1 saturated heterocycles. The highest BCUT2D eigenvalue weighted by Gasteiger charge is 2.18. The number of carbonyl (C=O) groups excluding carboxylic acids is 1. The minimum Gasteiger partial charge on any atom is -0.356 e. The molecular formula is C27H39N7O2. The van der Waals surface area contributed by atoms with Gasteiger partial charge in [-0.3, -0.25) is 14.2 Å². The molecule has 9 nitrogen and oxygen atoms in total. The third-order valence-electron chi connectivity index (χ3n) is 6.97. The molecule has 0 bridgehead atoms. The van der Waals surface area contributed by atoms with E-state index in [1.54, 1.807) is 16.3 Å². The molecule has 36 heavy (non-hydrogen) atoms. The molecule has 194 valence electrons. The summed E-state index contributed by atoms with van der Waals surface area (Å²) in [6.45, 7) is 13.5. The summed E-state index contributed by atoms with van der Waals surface area (Å²) in [6, 6.07) is 8.00. The van der Waals surface area contributed by atoms with Gasteiger partial charge in [-0.1, -0.05) is 24.6 Å². The van der Waals surface area contributed by atoms with Crippen molar-refractivity contribution in [1.29, 1.82) is 0 Å². The summed E-state index contributed by atoms with van der Waals surface area (Å²) < 4.78 is 3.36. The van der Waals surface area contributed by atoms with E-state index in [1.807, 2.05) is 38.1 Å². The van der Waals surface area contributed by atoms with Gasteiger partial charge < -0.3 is 15.1 Å². The standard InChI is InChI=1S/C27H39N7O2/c1-5-14-32-16-18-33(19-17-32)15-6-13-28-24(35)12-11-23-27(36)31(4)26-25(29-23)21(3)30-34(26)22-9-7-20(2)8-10-22/h7-10H,5-6,11-19H2,1-4H3,(H,28,35). The maximum Gasteiger partial charge on any atom is 0.273 e. The van der Waals surface area contributed by atoms with Crippen LogP contribution in [0.15, 0.2) is 29.1 Å². The summed E-state index contributed by atoms with van der Waals surface area (Å²) in [5, 5.41) is 7.64. The predicted octanol–water partition coefficient (Wildman–Crippen LogP) is 2.20. The number of nitrogens with zero attached hydrogens (tertiary/aromatic N) is 6. The van der Waals surface area contributed by atoms with E-state index in [1.165, 1.54) is 13.0 Å².